The highest BCUT2D eigenvalue weighted by Crippen LogP contribution is 2.27. The number of halogens is 2. The lowest BCUT2D eigenvalue weighted by Crippen LogP contribution is -1.68. The van der Waals surface area contributed by atoms with Gasteiger partial charge in [0.05, 0.1) is 11.6 Å². The highest BCUT2D eigenvalue weighted by Gasteiger charge is 2.03. The van der Waals surface area contributed by atoms with E-state index in [9.17, 15) is 0 Å². The number of hydrogen-bond donors (Lipinski definition) is 0. The highest BCUT2D eigenvalue weighted by atomic mass is 79.9. The summed E-state index contributed by atoms with van der Waals surface area (Å²) in [7, 11) is 0. The van der Waals surface area contributed by atoms with Crippen LogP contribution in [0.3, 0.4) is 0 Å². The molecule has 1 aromatic carbocycles. The predicted molar refractivity (Wildman–Crippen MR) is 49.4 cm³/mol. The van der Waals surface area contributed by atoms with E-state index in [0.717, 1.165) is 19.9 Å². The van der Waals surface area contributed by atoms with E-state index in [1.54, 1.807) is 6.20 Å². The average Bonchev–Trinajstić information content (AvgIpc) is 2.34. The van der Waals surface area contributed by atoms with Crippen LogP contribution in [0.2, 0.25) is 0 Å². The van der Waals surface area contributed by atoms with Crippen molar-refractivity contribution in [2.45, 2.75) is 0 Å². The molecular formula is C7H3Br2NO. The van der Waals surface area contributed by atoms with Gasteiger partial charge in [-0.25, -0.2) is 0 Å². The van der Waals surface area contributed by atoms with Crippen molar-refractivity contribution in [3.05, 3.63) is 27.3 Å². The predicted octanol–water partition coefficient (Wildman–Crippen LogP) is 3.35. The van der Waals surface area contributed by atoms with Gasteiger partial charge in [0.2, 0.25) is 0 Å². The molecule has 11 heavy (non-hydrogen) atoms. The van der Waals surface area contributed by atoms with E-state index in [-0.39, 0.29) is 0 Å². The first-order valence-electron chi connectivity index (χ1n) is 2.97. The van der Waals surface area contributed by atoms with Crippen LogP contribution in [-0.2, 0) is 0 Å². The van der Waals surface area contributed by atoms with E-state index in [2.05, 4.69) is 37.0 Å². The third-order valence-corrected chi connectivity index (χ3v) is 2.50. The number of nitrogens with zero attached hydrogens (tertiary/aromatic N) is 1. The molecule has 0 N–H and O–H groups in total. The minimum absolute atomic E-state index is 0.784. The second kappa shape index (κ2) is 2.60. The number of fused-ring (bicyclic) bond motifs is 1. The molecule has 1 heterocycles. The monoisotopic (exact) mass is 275 g/mol. The summed E-state index contributed by atoms with van der Waals surface area (Å²) >= 11 is 6.75. The van der Waals surface area contributed by atoms with Crippen LogP contribution in [0.4, 0.5) is 0 Å². The summed E-state index contributed by atoms with van der Waals surface area (Å²) in [4.78, 5) is 0. The molecule has 0 unspecified atom stereocenters. The molecule has 4 heteroatoms. The van der Waals surface area contributed by atoms with Crippen molar-refractivity contribution < 1.29 is 4.52 Å². The van der Waals surface area contributed by atoms with Crippen LogP contribution in [0.5, 0.6) is 0 Å². The van der Waals surface area contributed by atoms with Gasteiger partial charge >= 0.3 is 0 Å². The summed E-state index contributed by atoms with van der Waals surface area (Å²) in [5.41, 5.74) is 0.784. The lowest BCUT2D eigenvalue weighted by Gasteiger charge is -1.91. The molecule has 2 rings (SSSR count). The first-order valence-corrected chi connectivity index (χ1v) is 4.55. The summed E-state index contributed by atoms with van der Waals surface area (Å²) in [5.74, 6) is 0. The zero-order valence-electron chi connectivity index (χ0n) is 5.34. The van der Waals surface area contributed by atoms with Crippen molar-refractivity contribution in [3.63, 3.8) is 0 Å². The smallest absolute Gasteiger partial charge is 0.169 e. The van der Waals surface area contributed by atoms with Crippen molar-refractivity contribution >= 4 is 42.8 Å². The highest BCUT2D eigenvalue weighted by molar-refractivity contribution is 9.11. The van der Waals surface area contributed by atoms with Crippen molar-refractivity contribution in [3.8, 4) is 0 Å². The quantitative estimate of drug-likeness (QED) is 0.738. The third kappa shape index (κ3) is 1.20. The van der Waals surface area contributed by atoms with E-state index in [1.807, 2.05) is 12.1 Å². The first kappa shape index (κ1) is 7.31. The van der Waals surface area contributed by atoms with E-state index < -0.39 is 0 Å². The molecule has 0 fully saturated rings. The summed E-state index contributed by atoms with van der Waals surface area (Å²) in [6.07, 6.45) is 1.69. The summed E-state index contributed by atoms with van der Waals surface area (Å²) < 4.78 is 6.94. The Hall–Kier alpha value is -0.350. The standard InChI is InChI=1S/C7H3Br2NO/c8-4-1-6(9)5-3-10-11-7(5)2-4/h1-3H. The van der Waals surface area contributed by atoms with Crippen LogP contribution < -0.4 is 0 Å². The Kier molecular flexibility index (Phi) is 1.73. The SMILES string of the molecule is Brc1cc(Br)c2cnoc2c1. The number of rotatable bonds is 0. The molecule has 1 aromatic heterocycles. The Morgan fingerprint density at radius 1 is 1.27 bits per heavy atom. The molecule has 0 saturated carbocycles. The van der Waals surface area contributed by atoms with Crippen molar-refractivity contribution in [1.82, 2.24) is 5.16 Å². The van der Waals surface area contributed by atoms with Crippen LogP contribution >= 0.6 is 31.9 Å². The molecule has 0 saturated heterocycles. The van der Waals surface area contributed by atoms with Crippen LogP contribution in [0, 0.1) is 0 Å². The number of aromatic nitrogens is 1. The molecule has 0 aliphatic carbocycles. The molecular weight excluding hydrogens is 274 g/mol. The number of benzene rings is 1. The van der Waals surface area contributed by atoms with Crippen molar-refractivity contribution in [2.75, 3.05) is 0 Å². The summed E-state index contributed by atoms with van der Waals surface area (Å²) in [6, 6.07) is 3.84. The second-order valence-electron chi connectivity index (χ2n) is 2.13. The largest absolute Gasteiger partial charge is 0.356 e. The normalized spacial score (nSPS) is 10.7. The molecule has 0 bridgehead atoms. The average molecular weight is 277 g/mol. The van der Waals surface area contributed by atoms with Gasteiger partial charge in [0.1, 0.15) is 0 Å². The third-order valence-electron chi connectivity index (χ3n) is 1.39. The molecule has 0 aliphatic heterocycles. The molecule has 0 atom stereocenters. The Bertz CT molecular complexity index is 396. The molecule has 0 radical (unpaired) electrons. The van der Waals surface area contributed by atoms with Gasteiger partial charge in [-0.15, -0.1) is 0 Å². The van der Waals surface area contributed by atoms with E-state index >= 15 is 0 Å². The van der Waals surface area contributed by atoms with Crippen LogP contribution in [0.15, 0.2) is 31.8 Å². The molecule has 0 aliphatic rings. The van der Waals surface area contributed by atoms with Crippen molar-refractivity contribution in [2.24, 2.45) is 0 Å². The maximum absolute atomic E-state index is 4.97. The van der Waals surface area contributed by atoms with Crippen molar-refractivity contribution in [1.29, 1.82) is 0 Å². The first-order chi connectivity index (χ1) is 5.27. The van der Waals surface area contributed by atoms with Crippen LogP contribution in [0.25, 0.3) is 11.0 Å². The van der Waals surface area contributed by atoms with Gasteiger partial charge in [-0.3, -0.25) is 0 Å². The van der Waals surface area contributed by atoms with E-state index in [4.69, 9.17) is 4.52 Å². The maximum Gasteiger partial charge on any atom is 0.169 e. The fourth-order valence-corrected chi connectivity index (χ4v) is 2.19. The molecule has 2 nitrogen and oxygen atoms in total. The topological polar surface area (TPSA) is 26.0 Å². The van der Waals surface area contributed by atoms with Gasteiger partial charge in [-0.05, 0) is 28.1 Å². The maximum atomic E-state index is 4.97. The lowest BCUT2D eigenvalue weighted by atomic mass is 10.3. The van der Waals surface area contributed by atoms with Gasteiger partial charge < -0.3 is 4.52 Å². The fraction of sp³-hybridized carbons (Fsp3) is 0. The van der Waals surface area contributed by atoms with E-state index in [0.29, 0.717) is 0 Å². The zero-order chi connectivity index (χ0) is 7.84. The molecule has 2 aromatic rings. The van der Waals surface area contributed by atoms with Gasteiger partial charge in [-0.2, -0.15) is 0 Å². The minimum atomic E-state index is 0.784. The summed E-state index contributed by atoms with van der Waals surface area (Å²) in [6.45, 7) is 0. The zero-order valence-corrected chi connectivity index (χ0v) is 8.52. The molecule has 0 amide bonds. The van der Waals surface area contributed by atoms with Crippen LogP contribution in [-0.4, -0.2) is 5.16 Å². The minimum Gasteiger partial charge on any atom is -0.356 e. The van der Waals surface area contributed by atoms with Gasteiger partial charge in [-0.1, -0.05) is 21.1 Å². The molecule has 56 valence electrons. The van der Waals surface area contributed by atoms with Crippen LogP contribution in [0.1, 0.15) is 0 Å². The Morgan fingerprint density at radius 2 is 2.09 bits per heavy atom. The Balaban J connectivity index is 2.91. The van der Waals surface area contributed by atoms with Gasteiger partial charge in [0, 0.05) is 8.95 Å². The summed E-state index contributed by atoms with van der Waals surface area (Å²) in [5, 5.41) is 4.67. The lowest BCUT2D eigenvalue weighted by molar-refractivity contribution is 0.456. The Labute approximate surface area is 79.8 Å². The van der Waals surface area contributed by atoms with E-state index in [1.165, 1.54) is 0 Å². The van der Waals surface area contributed by atoms with Gasteiger partial charge in [0.15, 0.2) is 5.58 Å². The Morgan fingerprint density at radius 3 is 2.91 bits per heavy atom. The molecule has 0 spiro atoms. The fourth-order valence-electron chi connectivity index (χ4n) is 0.898. The number of hydrogen-bond acceptors (Lipinski definition) is 2. The second-order valence-corrected chi connectivity index (χ2v) is 3.90. The van der Waals surface area contributed by atoms with Gasteiger partial charge in [0.25, 0.3) is 0 Å².